The van der Waals surface area contributed by atoms with Crippen LogP contribution in [-0.2, 0) is 20.2 Å². The minimum Gasteiger partial charge on any atom is -0.486 e. The van der Waals surface area contributed by atoms with E-state index in [1.165, 1.54) is 0 Å². The highest BCUT2D eigenvalue weighted by atomic mass is 16.5. The summed E-state index contributed by atoms with van der Waals surface area (Å²) in [4.78, 5) is 32.5. The van der Waals surface area contributed by atoms with Gasteiger partial charge in [0.1, 0.15) is 18.2 Å². The maximum atomic E-state index is 13.0. The van der Waals surface area contributed by atoms with Gasteiger partial charge >= 0.3 is 0 Å². The largest absolute Gasteiger partial charge is 0.486 e. The average molecular weight is 421 g/mol. The van der Waals surface area contributed by atoms with E-state index in [1.807, 2.05) is 36.9 Å². The molecule has 3 rings (SSSR count). The first-order valence-electron chi connectivity index (χ1n) is 10.2. The van der Waals surface area contributed by atoms with Crippen molar-refractivity contribution in [2.45, 2.75) is 20.1 Å². The van der Waals surface area contributed by atoms with Crippen LogP contribution in [0.25, 0.3) is 0 Å². The van der Waals surface area contributed by atoms with Gasteiger partial charge in [0.15, 0.2) is 0 Å². The van der Waals surface area contributed by atoms with E-state index < -0.39 is 0 Å². The van der Waals surface area contributed by atoms with Gasteiger partial charge < -0.3 is 19.1 Å². The van der Waals surface area contributed by atoms with Gasteiger partial charge in [0.25, 0.3) is 11.8 Å². The molecule has 1 heterocycles. The number of carbonyl (C=O) groups excluding carboxylic acids is 2. The fraction of sp³-hybridized carbons (Fsp3) is 0.292. The van der Waals surface area contributed by atoms with Gasteiger partial charge in [-0.3, -0.25) is 9.59 Å². The molecule has 162 valence electrons. The summed E-state index contributed by atoms with van der Waals surface area (Å²) in [7, 11) is 5.37. The number of hydrogen-bond donors (Lipinski definition) is 0. The molecule has 31 heavy (non-hydrogen) atoms. The lowest BCUT2D eigenvalue weighted by molar-refractivity contribution is 0.0751. The molecule has 0 aliphatic heterocycles. The van der Waals surface area contributed by atoms with Gasteiger partial charge in [0, 0.05) is 57.8 Å². The molecule has 0 atom stereocenters. The van der Waals surface area contributed by atoms with Crippen molar-refractivity contribution in [1.82, 2.24) is 19.4 Å². The molecule has 0 radical (unpaired) electrons. The molecule has 2 aromatic carbocycles. The second-order valence-corrected chi connectivity index (χ2v) is 7.48. The number of benzene rings is 2. The molecular formula is C24H28N4O3. The Labute approximate surface area is 182 Å². The summed E-state index contributed by atoms with van der Waals surface area (Å²) in [5, 5.41) is 0. The van der Waals surface area contributed by atoms with Crippen LogP contribution in [0.15, 0.2) is 60.9 Å². The zero-order valence-corrected chi connectivity index (χ0v) is 18.4. The fourth-order valence-corrected chi connectivity index (χ4v) is 3.12. The number of imidazole rings is 1. The van der Waals surface area contributed by atoms with Crippen molar-refractivity contribution in [3.8, 4) is 5.75 Å². The monoisotopic (exact) mass is 420 g/mol. The average Bonchev–Trinajstić information content (AvgIpc) is 3.20. The number of aryl methyl sites for hydroxylation is 1. The molecule has 7 nitrogen and oxygen atoms in total. The summed E-state index contributed by atoms with van der Waals surface area (Å²) in [5.41, 5.74) is 2.20. The van der Waals surface area contributed by atoms with Crippen molar-refractivity contribution < 1.29 is 14.3 Å². The number of rotatable bonds is 8. The third-order valence-electron chi connectivity index (χ3n) is 5.04. The highest BCUT2D eigenvalue weighted by Crippen LogP contribution is 2.17. The maximum Gasteiger partial charge on any atom is 0.254 e. The smallest absolute Gasteiger partial charge is 0.254 e. The number of hydrogen-bond acceptors (Lipinski definition) is 4. The maximum absolute atomic E-state index is 13.0. The Morgan fingerprint density at radius 1 is 0.968 bits per heavy atom. The van der Waals surface area contributed by atoms with Crippen LogP contribution in [0.2, 0.25) is 0 Å². The van der Waals surface area contributed by atoms with E-state index in [9.17, 15) is 9.59 Å². The van der Waals surface area contributed by atoms with E-state index in [1.54, 1.807) is 66.5 Å². The third-order valence-corrected chi connectivity index (χ3v) is 5.04. The van der Waals surface area contributed by atoms with Crippen LogP contribution in [0.5, 0.6) is 5.75 Å². The predicted octanol–water partition coefficient (Wildman–Crippen LogP) is 3.36. The van der Waals surface area contributed by atoms with Gasteiger partial charge in [-0.25, -0.2) is 4.98 Å². The minimum atomic E-state index is -0.0494. The Morgan fingerprint density at radius 3 is 2.13 bits per heavy atom. The van der Waals surface area contributed by atoms with E-state index in [2.05, 4.69) is 4.98 Å². The summed E-state index contributed by atoms with van der Waals surface area (Å²) in [5.74, 6) is 1.42. The molecule has 0 bridgehead atoms. The molecule has 3 aromatic rings. The number of aromatic nitrogens is 2. The first-order valence-corrected chi connectivity index (χ1v) is 10.2. The number of ether oxygens (including phenoxy) is 1. The van der Waals surface area contributed by atoms with E-state index >= 15 is 0 Å². The van der Waals surface area contributed by atoms with E-state index in [4.69, 9.17) is 4.74 Å². The summed E-state index contributed by atoms with van der Waals surface area (Å²) in [6.45, 7) is 3.37. The Balaban J connectivity index is 1.62. The van der Waals surface area contributed by atoms with Crippen molar-refractivity contribution in [2.24, 2.45) is 7.05 Å². The first kappa shape index (κ1) is 22.1. The van der Waals surface area contributed by atoms with E-state index in [0.717, 1.165) is 11.4 Å². The van der Waals surface area contributed by atoms with E-state index in [-0.39, 0.29) is 11.8 Å². The molecule has 0 spiro atoms. The molecule has 2 amide bonds. The number of nitrogens with zero attached hydrogens (tertiary/aromatic N) is 4. The van der Waals surface area contributed by atoms with Gasteiger partial charge in [0.05, 0.1) is 0 Å². The molecule has 0 unspecified atom stereocenters. The fourth-order valence-electron chi connectivity index (χ4n) is 3.12. The van der Waals surface area contributed by atoms with Crippen molar-refractivity contribution in [2.75, 3.05) is 20.6 Å². The SMILES string of the molecule is CCN(Cc1ccc(C(=O)N(C)C)cc1)C(=O)c1ccc(OCc2nccn2C)cc1. The molecule has 0 saturated carbocycles. The lowest BCUT2D eigenvalue weighted by Gasteiger charge is -2.21. The van der Waals surface area contributed by atoms with Crippen molar-refractivity contribution in [1.29, 1.82) is 0 Å². The van der Waals surface area contributed by atoms with Crippen LogP contribution in [0, 0.1) is 0 Å². The molecule has 1 aromatic heterocycles. The first-order chi connectivity index (χ1) is 14.9. The lowest BCUT2D eigenvalue weighted by Crippen LogP contribution is -2.30. The Hall–Kier alpha value is -3.61. The van der Waals surface area contributed by atoms with Crippen molar-refractivity contribution >= 4 is 11.8 Å². The molecule has 0 N–H and O–H groups in total. The van der Waals surface area contributed by atoms with Crippen LogP contribution in [0.1, 0.15) is 39.0 Å². The summed E-state index contributed by atoms with van der Waals surface area (Å²) < 4.78 is 7.66. The van der Waals surface area contributed by atoms with Gasteiger partial charge in [-0.15, -0.1) is 0 Å². The number of amides is 2. The van der Waals surface area contributed by atoms with Crippen LogP contribution < -0.4 is 4.74 Å². The minimum absolute atomic E-state index is 0.0415. The molecular weight excluding hydrogens is 392 g/mol. The number of carbonyl (C=O) groups is 2. The second kappa shape index (κ2) is 9.93. The summed E-state index contributed by atoms with van der Waals surface area (Å²) >= 11 is 0. The van der Waals surface area contributed by atoms with Crippen molar-refractivity contribution in [3.05, 3.63) is 83.4 Å². The van der Waals surface area contributed by atoms with Crippen LogP contribution in [0.3, 0.4) is 0 Å². The molecule has 0 fully saturated rings. The molecule has 7 heteroatoms. The van der Waals surface area contributed by atoms with E-state index in [0.29, 0.717) is 36.6 Å². The quantitative estimate of drug-likeness (QED) is 0.560. The topological polar surface area (TPSA) is 67.7 Å². The predicted molar refractivity (Wildman–Crippen MR) is 119 cm³/mol. The zero-order valence-electron chi connectivity index (χ0n) is 18.4. The van der Waals surface area contributed by atoms with Gasteiger partial charge in [-0.2, -0.15) is 0 Å². The standard InChI is InChI=1S/C24H28N4O3/c1-5-28(16-18-6-8-19(9-7-18)23(29)26(2)3)24(30)20-10-12-21(13-11-20)31-17-22-25-14-15-27(22)4/h6-15H,5,16-17H2,1-4H3. The summed E-state index contributed by atoms with van der Waals surface area (Å²) in [6, 6.07) is 14.5. The van der Waals surface area contributed by atoms with Crippen LogP contribution in [-0.4, -0.2) is 51.8 Å². The highest BCUT2D eigenvalue weighted by molar-refractivity contribution is 5.95. The van der Waals surface area contributed by atoms with Crippen LogP contribution >= 0.6 is 0 Å². The molecule has 0 saturated heterocycles. The Bertz CT molecular complexity index is 1020. The van der Waals surface area contributed by atoms with Crippen LogP contribution in [0.4, 0.5) is 0 Å². The second-order valence-electron chi connectivity index (χ2n) is 7.48. The third kappa shape index (κ3) is 5.51. The Kier molecular flexibility index (Phi) is 7.07. The van der Waals surface area contributed by atoms with Gasteiger partial charge in [-0.05, 0) is 48.9 Å². The zero-order chi connectivity index (χ0) is 22.4. The normalized spacial score (nSPS) is 10.6. The summed E-state index contributed by atoms with van der Waals surface area (Å²) in [6.07, 6.45) is 3.60. The lowest BCUT2D eigenvalue weighted by atomic mass is 10.1. The van der Waals surface area contributed by atoms with Gasteiger partial charge in [-0.1, -0.05) is 12.1 Å². The van der Waals surface area contributed by atoms with Crippen molar-refractivity contribution in [3.63, 3.8) is 0 Å². The molecule has 0 aliphatic carbocycles. The highest BCUT2D eigenvalue weighted by Gasteiger charge is 2.15. The molecule has 0 aliphatic rings. The Morgan fingerprint density at radius 2 is 1.58 bits per heavy atom. The van der Waals surface area contributed by atoms with Gasteiger partial charge in [0.2, 0.25) is 0 Å².